The minimum absolute atomic E-state index is 0.0517. The van der Waals surface area contributed by atoms with Crippen LogP contribution in [0.15, 0.2) is 0 Å². The number of nitrogens with zero attached hydrogens (tertiary/aromatic N) is 4. The Balaban J connectivity index is 2.87. The van der Waals surface area contributed by atoms with Crippen molar-refractivity contribution in [1.82, 2.24) is 15.0 Å². The maximum absolute atomic E-state index is 8.90. The SMILES string of the molecule is CN(C)c1nc(Cl)nc(NC(CO)CO)n1. The highest BCUT2D eigenvalue weighted by Crippen LogP contribution is 2.11. The van der Waals surface area contributed by atoms with Crippen LogP contribution in [0.3, 0.4) is 0 Å². The number of rotatable bonds is 5. The zero-order chi connectivity index (χ0) is 12.1. The molecule has 0 atom stereocenters. The molecule has 0 aromatic carbocycles. The summed E-state index contributed by atoms with van der Waals surface area (Å²) < 4.78 is 0. The molecule has 0 aliphatic rings. The van der Waals surface area contributed by atoms with Gasteiger partial charge in [-0.3, -0.25) is 0 Å². The van der Waals surface area contributed by atoms with E-state index in [1.165, 1.54) is 0 Å². The van der Waals surface area contributed by atoms with Gasteiger partial charge < -0.3 is 20.4 Å². The van der Waals surface area contributed by atoms with Gasteiger partial charge in [0, 0.05) is 14.1 Å². The minimum Gasteiger partial charge on any atom is -0.394 e. The number of aliphatic hydroxyl groups is 2. The number of anilines is 2. The first-order valence-electron chi connectivity index (χ1n) is 4.64. The molecule has 0 amide bonds. The zero-order valence-corrected chi connectivity index (χ0v) is 9.81. The lowest BCUT2D eigenvalue weighted by molar-refractivity contribution is 0.203. The van der Waals surface area contributed by atoms with E-state index in [9.17, 15) is 0 Å². The van der Waals surface area contributed by atoms with Crippen molar-refractivity contribution in [2.75, 3.05) is 37.5 Å². The van der Waals surface area contributed by atoms with Gasteiger partial charge in [0.1, 0.15) is 0 Å². The molecule has 0 radical (unpaired) electrons. The van der Waals surface area contributed by atoms with Crippen LogP contribution in [0, 0.1) is 0 Å². The topological polar surface area (TPSA) is 94.4 Å². The standard InChI is InChI=1S/C8H14ClN5O2/c1-14(2)8-12-6(9)11-7(13-8)10-5(3-15)4-16/h5,15-16H,3-4H2,1-2H3,(H,10,11,12,13). The van der Waals surface area contributed by atoms with E-state index in [1.807, 2.05) is 0 Å². The summed E-state index contributed by atoms with van der Waals surface area (Å²) in [6.45, 7) is -0.450. The maximum Gasteiger partial charge on any atom is 0.230 e. The fraction of sp³-hybridized carbons (Fsp3) is 0.625. The number of aromatic nitrogens is 3. The van der Waals surface area contributed by atoms with Crippen molar-refractivity contribution in [2.24, 2.45) is 0 Å². The van der Waals surface area contributed by atoms with Crippen LogP contribution in [0.1, 0.15) is 0 Å². The molecule has 8 heteroatoms. The van der Waals surface area contributed by atoms with E-state index in [2.05, 4.69) is 20.3 Å². The molecule has 0 aliphatic carbocycles. The van der Waals surface area contributed by atoms with Crippen LogP contribution in [-0.4, -0.2) is 58.5 Å². The molecule has 90 valence electrons. The lowest BCUT2D eigenvalue weighted by Crippen LogP contribution is -2.29. The van der Waals surface area contributed by atoms with E-state index in [0.29, 0.717) is 5.95 Å². The number of halogens is 1. The van der Waals surface area contributed by atoms with Crippen LogP contribution in [0.2, 0.25) is 5.28 Å². The molecule has 16 heavy (non-hydrogen) atoms. The van der Waals surface area contributed by atoms with E-state index in [0.717, 1.165) is 0 Å². The molecule has 7 nitrogen and oxygen atoms in total. The molecule has 1 rings (SSSR count). The van der Waals surface area contributed by atoms with Gasteiger partial charge in [0.15, 0.2) is 0 Å². The summed E-state index contributed by atoms with van der Waals surface area (Å²) in [5.41, 5.74) is 0. The van der Waals surface area contributed by atoms with Crippen molar-refractivity contribution >= 4 is 23.5 Å². The Kier molecular flexibility index (Phi) is 4.66. The number of hydrogen-bond acceptors (Lipinski definition) is 7. The minimum atomic E-state index is -0.520. The van der Waals surface area contributed by atoms with Gasteiger partial charge >= 0.3 is 0 Å². The maximum atomic E-state index is 8.90. The number of hydrogen-bond donors (Lipinski definition) is 3. The van der Waals surface area contributed by atoms with Crippen LogP contribution in [-0.2, 0) is 0 Å². The smallest absolute Gasteiger partial charge is 0.230 e. The number of nitrogens with one attached hydrogen (secondary N) is 1. The molecule has 0 spiro atoms. The van der Waals surface area contributed by atoms with Gasteiger partial charge in [-0.25, -0.2) is 0 Å². The normalized spacial score (nSPS) is 10.6. The van der Waals surface area contributed by atoms with Crippen LogP contribution < -0.4 is 10.2 Å². The second-order valence-corrected chi connectivity index (χ2v) is 3.67. The summed E-state index contributed by atoms with van der Waals surface area (Å²) >= 11 is 5.71. The van der Waals surface area contributed by atoms with E-state index in [-0.39, 0.29) is 24.4 Å². The van der Waals surface area contributed by atoms with Crippen LogP contribution >= 0.6 is 11.6 Å². The van der Waals surface area contributed by atoms with Gasteiger partial charge in [-0.15, -0.1) is 0 Å². The molecule has 0 aliphatic heterocycles. The molecule has 0 saturated heterocycles. The first kappa shape index (κ1) is 12.9. The van der Waals surface area contributed by atoms with Crippen LogP contribution in [0.4, 0.5) is 11.9 Å². The molecule has 1 aromatic rings. The van der Waals surface area contributed by atoms with Gasteiger partial charge in [-0.05, 0) is 11.6 Å². The molecule has 0 bridgehead atoms. The van der Waals surface area contributed by atoms with Crippen molar-refractivity contribution in [3.8, 4) is 0 Å². The van der Waals surface area contributed by atoms with E-state index < -0.39 is 6.04 Å². The summed E-state index contributed by atoms with van der Waals surface area (Å²) in [6.07, 6.45) is 0. The third-order valence-corrected chi connectivity index (χ3v) is 1.94. The third kappa shape index (κ3) is 3.44. The third-order valence-electron chi connectivity index (χ3n) is 1.77. The van der Waals surface area contributed by atoms with Crippen LogP contribution in [0.5, 0.6) is 0 Å². The molecule has 3 N–H and O–H groups in total. The fourth-order valence-electron chi connectivity index (χ4n) is 0.936. The van der Waals surface area contributed by atoms with Crippen molar-refractivity contribution in [1.29, 1.82) is 0 Å². The lowest BCUT2D eigenvalue weighted by Gasteiger charge is -2.15. The lowest BCUT2D eigenvalue weighted by atomic mass is 10.3. The van der Waals surface area contributed by atoms with E-state index >= 15 is 0 Å². The highest BCUT2D eigenvalue weighted by atomic mass is 35.5. The summed E-state index contributed by atoms with van der Waals surface area (Å²) in [4.78, 5) is 13.5. The molecule has 0 unspecified atom stereocenters. The van der Waals surface area contributed by atoms with Gasteiger partial charge in [0.25, 0.3) is 0 Å². The summed E-state index contributed by atoms with van der Waals surface area (Å²) in [6, 6.07) is -0.520. The average molecular weight is 248 g/mol. The Morgan fingerprint density at radius 3 is 2.38 bits per heavy atom. The molecular formula is C8H14ClN5O2. The zero-order valence-electron chi connectivity index (χ0n) is 9.05. The Bertz CT molecular complexity index is 345. The Morgan fingerprint density at radius 1 is 1.25 bits per heavy atom. The highest BCUT2D eigenvalue weighted by Gasteiger charge is 2.10. The summed E-state index contributed by atoms with van der Waals surface area (Å²) in [5.74, 6) is 0.619. The molecule has 1 heterocycles. The second-order valence-electron chi connectivity index (χ2n) is 3.33. The van der Waals surface area contributed by atoms with E-state index in [4.69, 9.17) is 21.8 Å². The second kappa shape index (κ2) is 5.78. The van der Waals surface area contributed by atoms with Gasteiger partial charge in [0.05, 0.1) is 19.3 Å². The Hall–Kier alpha value is -1.18. The van der Waals surface area contributed by atoms with E-state index in [1.54, 1.807) is 19.0 Å². The van der Waals surface area contributed by atoms with Crippen molar-refractivity contribution in [2.45, 2.75) is 6.04 Å². The van der Waals surface area contributed by atoms with Gasteiger partial charge in [-0.1, -0.05) is 0 Å². The Labute approximate surface area is 98.1 Å². The van der Waals surface area contributed by atoms with Crippen molar-refractivity contribution < 1.29 is 10.2 Å². The summed E-state index contributed by atoms with van der Waals surface area (Å²) in [7, 11) is 3.54. The Morgan fingerprint density at radius 2 is 1.88 bits per heavy atom. The molecular weight excluding hydrogens is 234 g/mol. The largest absolute Gasteiger partial charge is 0.394 e. The average Bonchev–Trinajstić information content (AvgIpc) is 2.25. The summed E-state index contributed by atoms with van der Waals surface area (Å²) in [5, 5.41) is 20.6. The van der Waals surface area contributed by atoms with Crippen molar-refractivity contribution in [3.63, 3.8) is 0 Å². The fourth-order valence-corrected chi connectivity index (χ4v) is 1.09. The highest BCUT2D eigenvalue weighted by molar-refractivity contribution is 6.28. The number of aliphatic hydroxyl groups excluding tert-OH is 2. The molecule has 0 saturated carbocycles. The monoisotopic (exact) mass is 247 g/mol. The van der Waals surface area contributed by atoms with Crippen molar-refractivity contribution in [3.05, 3.63) is 5.28 Å². The first-order chi connectivity index (χ1) is 7.56. The van der Waals surface area contributed by atoms with Gasteiger partial charge in [0.2, 0.25) is 17.2 Å². The first-order valence-corrected chi connectivity index (χ1v) is 5.01. The van der Waals surface area contributed by atoms with Crippen LogP contribution in [0.25, 0.3) is 0 Å². The molecule has 1 aromatic heterocycles. The predicted octanol–water partition coefficient (Wildman–Crippen LogP) is -0.644. The predicted molar refractivity (Wildman–Crippen MR) is 60.7 cm³/mol. The molecule has 0 fully saturated rings. The van der Waals surface area contributed by atoms with Gasteiger partial charge in [-0.2, -0.15) is 15.0 Å². The quantitative estimate of drug-likeness (QED) is 0.637.